The molecule has 0 saturated heterocycles. The molecule has 0 amide bonds. The summed E-state index contributed by atoms with van der Waals surface area (Å²) in [5.41, 5.74) is 0. The Morgan fingerprint density at radius 1 is 1.60 bits per heavy atom. The molecule has 5 heteroatoms. The molecule has 1 rings (SSSR count). The smallest absolute Gasteiger partial charge is 0.169 e. The monoisotopic (exact) mass is 231 g/mol. The van der Waals surface area contributed by atoms with E-state index in [2.05, 4.69) is 0 Å². The summed E-state index contributed by atoms with van der Waals surface area (Å²) in [5, 5.41) is 18.2. The molecule has 0 unspecified atom stereocenters. The number of nitrogens with zero attached hydrogens (tertiary/aromatic N) is 1. The first-order chi connectivity index (χ1) is 6.93. The Balaban J connectivity index is 3.14. The van der Waals surface area contributed by atoms with Crippen LogP contribution in [0.25, 0.3) is 0 Å². The van der Waals surface area contributed by atoms with Crippen LogP contribution < -0.4 is 0 Å². The van der Waals surface area contributed by atoms with Crippen LogP contribution in [0.4, 0.5) is 0 Å². The molecule has 1 aliphatic rings. The van der Waals surface area contributed by atoms with Crippen LogP contribution in [-0.2, 0) is 9.84 Å². The summed E-state index contributed by atoms with van der Waals surface area (Å²) < 4.78 is 22.6. The van der Waals surface area contributed by atoms with E-state index in [0.717, 1.165) is 0 Å². The van der Waals surface area contributed by atoms with Gasteiger partial charge in [-0.1, -0.05) is 13.8 Å². The van der Waals surface area contributed by atoms with E-state index in [1.165, 1.54) is 0 Å². The van der Waals surface area contributed by atoms with Crippen molar-refractivity contribution in [1.29, 1.82) is 5.26 Å². The number of rotatable bonds is 3. The van der Waals surface area contributed by atoms with Gasteiger partial charge in [-0.2, -0.15) is 5.26 Å². The SMILES string of the molecule is CCS(=O)(=O)[C@@]1(C#N)C[C@H](CO)C[C@@H]1C. The molecule has 4 nitrogen and oxygen atoms in total. The number of aliphatic hydroxyl groups is 1. The third-order valence-electron chi connectivity index (χ3n) is 3.46. The number of sulfone groups is 1. The minimum Gasteiger partial charge on any atom is -0.396 e. The van der Waals surface area contributed by atoms with Crippen LogP contribution in [0, 0.1) is 23.2 Å². The Morgan fingerprint density at radius 3 is 2.53 bits per heavy atom. The number of aliphatic hydroxyl groups excluding tert-OH is 1. The molecule has 0 spiro atoms. The molecular formula is C10H17NO3S. The fraction of sp³-hybridized carbons (Fsp3) is 0.900. The third kappa shape index (κ3) is 1.77. The molecule has 1 fully saturated rings. The molecule has 1 saturated carbocycles. The topological polar surface area (TPSA) is 78.2 Å². The molecule has 1 N–H and O–H groups in total. The Bertz CT molecular complexity index is 371. The molecule has 0 bridgehead atoms. The molecule has 0 aromatic carbocycles. The highest BCUT2D eigenvalue weighted by Gasteiger charge is 2.53. The lowest BCUT2D eigenvalue weighted by molar-refractivity contribution is 0.226. The van der Waals surface area contributed by atoms with Crippen LogP contribution in [0.1, 0.15) is 26.7 Å². The van der Waals surface area contributed by atoms with Crippen molar-refractivity contribution in [3.05, 3.63) is 0 Å². The summed E-state index contributed by atoms with van der Waals surface area (Å²) in [4.78, 5) is 0. The van der Waals surface area contributed by atoms with Crippen LogP contribution in [0.15, 0.2) is 0 Å². The summed E-state index contributed by atoms with van der Waals surface area (Å²) in [5.74, 6) is -0.256. The number of nitriles is 1. The normalized spacial score (nSPS) is 36.4. The third-order valence-corrected chi connectivity index (χ3v) is 5.99. The molecule has 86 valence electrons. The maximum Gasteiger partial charge on any atom is 0.169 e. The van der Waals surface area contributed by atoms with Crippen molar-refractivity contribution < 1.29 is 13.5 Å². The standard InChI is InChI=1S/C10H17NO3S/c1-3-15(13,14)10(7-11)5-9(6-12)4-8(10)2/h8-9,12H,3-6H2,1-2H3/t8-,9+,10+/m0/s1. The Morgan fingerprint density at radius 2 is 2.20 bits per heavy atom. The Hall–Kier alpha value is -0.600. The van der Waals surface area contributed by atoms with E-state index in [0.29, 0.717) is 6.42 Å². The molecule has 1 aliphatic carbocycles. The van der Waals surface area contributed by atoms with E-state index in [1.54, 1.807) is 13.8 Å². The molecular weight excluding hydrogens is 214 g/mol. The fourth-order valence-electron chi connectivity index (χ4n) is 2.46. The predicted octanol–water partition coefficient (Wildman–Crippen LogP) is 0.722. The van der Waals surface area contributed by atoms with E-state index in [9.17, 15) is 8.42 Å². The van der Waals surface area contributed by atoms with Crippen LogP contribution in [-0.4, -0.2) is 30.6 Å². The van der Waals surface area contributed by atoms with Gasteiger partial charge in [-0.15, -0.1) is 0 Å². The van der Waals surface area contributed by atoms with Gasteiger partial charge in [0, 0.05) is 12.4 Å². The minimum absolute atomic E-state index is 0.0109. The van der Waals surface area contributed by atoms with Gasteiger partial charge in [0.05, 0.1) is 6.07 Å². The predicted molar refractivity (Wildman–Crippen MR) is 56.8 cm³/mol. The molecule has 0 heterocycles. The van der Waals surface area contributed by atoms with E-state index in [-0.39, 0.29) is 30.6 Å². The van der Waals surface area contributed by atoms with Gasteiger partial charge in [0.15, 0.2) is 14.6 Å². The van der Waals surface area contributed by atoms with E-state index < -0.39 is 14.6 Å². The number of hydrogen-bond acceptors (Lipinski definition) is 4. The first-order valence-corrected chi connectivity index (χ1v) is 6.83. The van der Waals surface area contributed by atoms with Crippen molar-refractivity contribution in [3.63, 3.8) is 0 Å². The van der Waals surface area contributed by atoms with Crippen LogP contribution >= 0.6 is 0 Å². The summed E-state index contributed by atoms with van der Waals surface area (Å²) in [7, 11) is -3.37. The zero-order chi connectivity index (χ0) is 11.7. The van der Waals surface area contributed by atoms with Gasteiger partial charge in [0.25, 0.3) is 0 Å². The van der Waals surface area contributed by atoms with E-state index in [4.69, 9.17) is 10.4 Å². The highest BCUT2D eigenvalue weighted by atomic mass is 32.2. The highest BCUT2D eigenvalue weighted by Crippen LogP contribution is 2.44. The van der Waals surface area contributed by atoms with E-state index >= 15 is 0 Å². The summed E-state index contributed by atoms with van der Waals surface area (Å²) >= 11 is 0. The van der Waals surface area contributed by atoms with Crippen molar-refractivity contribution in [2.45, 2.75) is 31.4 Å². The zero-order valence-corrected chi connectivity index (χ0v) is 9.92. The zero-order valence-electron chi connectivity index (χ0n) is 9.10. The average Bonchev–Trinajstić information content (AvgIpc) is 2.56. The second-order valence-electron chi connectivity index (χ2n) is 4.29. The lowest BCUT2D eigenvalue weighted by Gasteiger charge is -2.25. The van der Waals surface area contributed by atoms with Gasteiger partial charge in [-0.05, 0) is 24.7 Å². The summed E-state index contributed by atoms with van der Waals surface area (Å²) in [6.45, 7) is 3.31. The minimum atomic E-state index is -3.37. The summed E-state index contributed by atoms with van der Waals surface area (Å²) in [6, 6.07) is 1.98. The van der Waals surface area contributed by atoms with Crippen molar-refractivity contribution >= 4 is 9.84 Å². The molecule has 0 aliphatic heterocycles. The second-order valence-corrected chi connectivity index (χ2v) is 6.83. The number of hydrogen-bond donors (Lipinski definition) is 1. The molecule has 15 heavy (non-hydrogen) atoms. The van der Waals surface area contributed by atoms with Crippen molar-refractivity contribution in [2.24, 2.45) is 11.8 Å². The molecule has 0 aromatic heterocycles. The maximum absolute atomic E-state index is 11.9. The van der Waals surface area contributed by atoms with Gasteiger partial charge in [-0.3, -0.25) is 0 Å². The summed E-state index contributed by atoms with van der Waals surface area (Å²) in [6.07, 6.45) is 0.890. The first kappa shape index (κ1) is 12.5. The van der Waals surface area contributed by atoms with Crippen LogP contribution in [0.5, 0.6) is 0 Å². The van der Waals surface area contributed by atoms with E-state index in [1.807, 2.05) is 6.07 Å². The van der Waals surface area contributed by atoms with Crippen LogP contribution in [0.3, 0.4) is 0 Å². The second kappa shape index (κ2) is 4.11. The van der Waals surface area contributed by atoms with Crippen molar-refractivity contribution in [2.75, 3.05) is 12.4 Å². The lowest BCUT2D eigenvalue weighted by atomic mass is 9.99. The maximum atomic E-state index is 11.9. The Kier molecular flexibility index (Phi) is 3.41. The lowest BCUT2D eigenvalue weighted by Crippen LogP contribution is -2.41. The van der Waals surface area contributed by atoms with Gasteiger partial charge in [0.1, 0.15) is 0 Å². The van der Waals surface area contributed by atoms with Crippen molar-refractivity contribution in [3.8, 4) is 6.07 Å². The average molecular weight is 231 g/mol. The fourth-order valence-corrected chi connectivity index (χ4v) is 4.31. The molecule has 3 atom stereocenters. The molecule has 0 aromatic rings. The molecule has 0 radical (unpaired) electrons. The van der Waals surface area contributed by atoms with Gasteiger partial charge in [-0.25, -0.2) is 8.42 Å². The van der Waals surface area contributed by atoms with Gasteiger partial charge in [0.2, 0.25) is 0 Å². The quantitative estimate of drug-likeness (QED) is 0.776. The first-order valence-electron chi connectivity index (χ1n) is 5.18. The largest absolute Gasteiger partial charge is 0.396 e. The van der Waals surface area contributed by atoms with Gasteiger partial charge >= 0.3 is 0 Å². The van der Waals surface area contributed by atoms with Crippen molar-refractivity contribution in [1.82, 2.24) is 0 Å². The highest BCUT2D eigenvalue weighted by molar-refractivity contribution is 7.93. The Labute approximate surface area is 90.8 Å². The van der Waals surface area contributed by atoms with Crippen LogP contribution in [0.2, 0.25) is 0 Å². The van der Waals surface area contributed by atoms with Gasteiger partial charge < -0.3 is 5.11 Å².